The van der Waals surface area contributed by atoms with E-state index in [1.807, 2.05) is 0 Å². The van der Waals surface area contributed by atoms with Crippen LogP contribution >= 0.6 is 0 Å². The van der Waals surface area contributed by atoms with E-state index in [0.717, 1.165) is 12.8 Å². The lowest BCUT2D eigenvalue weighted by atomic mass is 9.95. The van der Waals surface area contributed by atoms with Crippen LogP contribution in [0.3, 0.4) is 0 Å². The van der Waals surface area contributed by atoms with Crippen molar-refractivity contribution in [3.63, 3.8) is 0 Å². The molecule has 0 aromatic carbocycles. The quantitative estimate of drug-likeness (QED) is 0.446. The molecule has 0 atom stereocenters. The maximum absolute atomic E-state index is 4.29. The zero-order chi connectivity index (χ0) is 20.1. The van der Waals surface area contributed by atoms with E-state index in [9.17, 15) is 0 Å². The largest absolute Gasteiger partial charge is 0.268 e. The Kier molecular flexibility index (Phi) is 10.2. The average Bonchev–Trinajstić information content (AvgIpc) is 2.35. The summed E-state index contributed by atoms with van der Waals surface area (Å²) in [5.41, 5.74) is 0. The third-order valence-electron chi connectivity index (χ3n) is 5.09. The molecule has 1 radical (unpaired) electrons. The summed E-state index contributed by atoms with van der Waals surface area (Å²) in [4.78, 5) is 8.20. The molecular formula is C22H48N3. The first kappa shape index (κ1) is 24.9. The lowest BCUT2D eigenvalue weighted by Crippen LogP contribution is -2.77. The SMILES string of the molecule is [CH2]CCC(N(C(C)C)C(C)C)(N(C(C)C)C(C)C)N(C(C)C)C(C)C. The molecule has 0 N–H and O–H groups in total. The minimum atomic E-state index is -0.130. The Labute approximate surface area is 160 Å². The number of nitrogens with zero attached hydrogens (tertiary/aromatic N) is 3. The van der Waals surface area contributed by atoms with Crippen LogP contribution in [0.1, 0.15) is 95.9 Å². The zero-order valence-electron chi connectivity index (χ0n) is 19.4. The molecule has 0 aliphatic rings. The minimum Gasteiger partial charge on any atom is -0.268 e. The second kappa shape index (κ2) is 10.3. The molecule has 0 saturated carbocycles. The third-order valence-corrected chi connectivity index (χ3v) is 5.09. The monoisotopic (exact) mass is 354 g/mol. The molecular weight excluding hydrogens is 306 g/mol. The summed E-state index contributed by atoms with van der Waals surface area (Å²) in [5.74, 6) is -0.130. The second-order valence-corrected chi connectivity index (χ2v) is 9.16. The van der Waals surface area contributed by atoms with Crippen LogP contribution in [-0.2, 0) is 0 Å². The van der Waals surface area contributed by atoms with E-state index in [2.05, 4.69) is 105 Å². The maximum Gasteiger partial charge on any atom is 0.132 e. The van der Waals surface area contributed by atoms with Gasteiger partial charge in [0, 0.05) is 36.3 Å². The molecule has 0 unspecified atom stereocenters. The third kappa shape index (κ3) is 5.43. The summed E-state index contributed by atoms with van der Waals surface area (Å²) in [6, 6.07) is 2.79. The van der Waals surface area contributed by atoms with Gasteiger partial charge in [-0.3, -0.25) is 14.7 Å². The summed E-state index contributed by atoms with van der Waals surface area (Å²) < 4.78 is 0. The summed E-state index contributed by atoms with van der Waals surface area (Å²) in [6.45, 7) is 32.4. The van der Waals surface area contributed by atoms with Gasteiger partial charge in [-0.15, -0.1) is 0 Å². The van der Waals surface area contributed by atoms with Crippen molar-refractivity contribution >= 4 is 0 Å². The molecule has 0 aromatic heterocycles. The van der Waals surface area contributed by atoms with Gasteiger partial charge in [-0.25, -0.2) is 0 Å². The van der Waals surface area contributed by atoms with Gasteiger partial charge in [0.1, 0.15) is 5.79 Å². The molecule has 0 amide bonds. The Morgan fingerprint density at radius 1 is 0.520 bits per heavy atom. The van der Waals surface area contributed by atoms with Gasteiger partial charge < -0.3 is 0 Å². The molecule has 0 aliphatic carbocycles. The molecule has 0 fully saturated rings. The van der Waals surface area contributed by atoms with E-state index < -0.39 is 0 Å². The Hall–Kier alpha value is -0.120. The lowest BCUT2D eigenvalue weighted by molar-refractivity contribution is -0.235. The number of hydrogen-bond donors (Lipinski definition) is 0. The average molecular weight is 355 g/mol. The second-order valence-electron chi connectivity index (χ2n) is 9.16. The van der Waals surface area contributed by atoms with Crippen molar-refractivity contribution < 1.29 is 0 Å². The van der Waals surface area contributed by atoms with Crippen LogP contribution in [0.5, 0.6) is 0 Å². The van der Waals surface area contributed by atoms with Gasteiger partial charge in [0.15, 0.2) is 0 Å². The van der Waals surface area contributed by atoms with Crippen LogP contribution < -0.4 is 0 Å². The molecule has 0 heterocycles. The van der Waals surface area contributed by atoms with Gasteiger partial charge in [0.25, 0.3) is 0 Å². The topological polar surface area (TPSA) is 9.72 Å². The van der Waals surface area contributed by atoms with Gasteiger partial charge in [-0.2, -0.15) is 0 Å². The Morgan fingerprint density at radius 2 is 0.720 bits per heavy atom. The normalized spacial score (nSPS) is 14.2. The lowest BCUT2D eigenvalue weighted by Gasteiger charge is -2.63. The molecule has 3 nitrogen and oxygen atoms in total. The molecule has 25 heavy (non-hydrogen) atoms. The molecule has 0 rings (SSSR count). The standard InChI is InChI=1S/C22H48N3/c1-14-15-22(23(16(2)3)17(4)5,24(18(6)7)19(8)9)25(20(10)11)21(12)13/h16-21H,1,14-15H2,2-13H3. The van der Waals surface area contributed by atoms with Crippen LogP contribution in [0.15, 0.2) is 0 Å². The zero-order valence-corrected chi connectivity index (χ0v) is 19.4. The predicted octanol–water partition coefficient (Wildman–Crippen LogP) is 5.61. The highest BCUT2D eigenvalue weighted by Gasteiger charge is 2.51. The van der Waals surface area contributed by atoms with E-state index in [0.29, 0.717) is 36.3 Å². The number of rotatable bonds is 11. The van der Waals surface area contributed by atoms with Crippen LogP contribution in [0, 0.1) is 6.92 Å². The first-order valence-corrected chi connectivity index (χ1v) is 10.5. The van der Waals surface area contributed by atoms with Crippen LogP contribution in [0.25, 0.3) is 0 Å². The molecule has 0 spiro atoms. The van der Waals surface area contributed by atoms with Crippen LogP contribution in [0.4, 0.5) is 0 Å². The van der Waals surface area contributed by atoms with Crippen LogP contribution in [-0.4, -0.2) is 56.7 Å². The van der Waals surface area contributed by atoms with Crippen molar-refractivity contribution in [3.05, 3.63) is 6.92 Å². The van der Waals surface area contributed by atoms with E-state index in [1.54, 1.807) is 0 Å². The van der Waals surface area contributed by atoms with Gasteiger partial charge in [0.05, 0.1) is 0 Å². The Morgan fingerprint density at radius 3 is 0.840 bits per heavy atom. The van der Waals surface area contributed by atoms with Gasteiger partial charge in [-0.1, -0.05) is 6.92 Å². The molecule has 0 aliphatic heterocycles. The van der Waals surface area contributed by atoms with Gasteiger partial charge in [0.2, 0.25) is 0 Å². The van der Waals surface area contributed by atoms with Crippen LogP contribution in [0.2, 0.25) is 0 Å². The highest BCUT2D eigenvalue weighted by atomic mass is 15.6. The smallest absolute Gasteiger partial charge is 0.132 e. The van der Waals surface area contributed by atoms with E-state index in [1.165, 1.54) is 0 Å². The van der Waals surface area contributed by atoms with Crippen molar-refractivity contribution in [2.75, 3.05) is 0 Å². The van der Waals surface area contributed by atoms with Crippen molar-refractivity contribution in [2.24, 2.45) is 0 Å². The maximum atomic E-state index is 4.29. The fourth-order valence-corrected chi connectivity index (χ4v) is 5.29. The molecule has 151 valence electrons. The highest BCUT2D eigenvalue weighted by Crippen LogP contribution is 2.39. The minimum absolute atomic E-state index is 0.130. The Balaban J connectivity index is 6.84. The van der Waals surface area contributed by atoms with E-state index in [4.69, 9.17) is 0 Å². The fourth-order valence-electron chi connectivity index (χ4n) is 5.29. The molecule has 3 heteroatoms. The highest BCUT2D eigenvalue weighted by molar-refractivity contribution is 4.99. The summed E-state index contributed by atoms with van der Waals surface area (Å²) >= 11 is 0. The van der Waals surface area contributed by atoms with Gasteiger partial charge in [-0.05, 0) is 95.9 Å². The van der Waals surface area contributed by atoms with Crippen molar-refractivity contribution in [1.29, 1.82) is 0 Å². The number of hydrogen-bond acceptors (Lipinski definition) is 3. The van der Waals surface area contributed by atoms with Gasteiger partial charge >= 0.3 is 0 Å². The van der Waals surface area contributed by atoms with Crippen molar-refractivity contribution in [2.45, 2.75) is 138 Å². The van der Waals surface area contributed by atoms with Crippen molar-refractivity contribution in [3.8, 4) is 0 Å². The molecule has 0 aromatic rings. The first-order valence-electron chi connectivity index (χ1n) is 10.5. The Bertz CT molecular complexity index is 284. The fraction of sp³-hybridized carbons (Fsp3) is 0.955. The summed E-state index contributed by atoms with van der Waals surface area (Å²) in [6.07, 6.45) is 1.98. The predicted molar refractivity (Wildman–Crippen MR) is 114 cm³/mol. The van der Waals surface area contributed by atoms with E-state index in [-0.39, 0.29) is 5.79 Å². The first-order chi connectivity index (χ1) is 11.4. The summed E-state index contributed by atoms with van der Waals surface area (Å²) in [5, 5.41) is 0. The molecule has 0 saturated heterocycles. The molecule has 0 bridgehead atoms. The summed E-state index contributed by atoms with van der Waals surface area (Å²) in [7, 11) is 0. The van der Waals surface area contributed by atoms with E-state index >= 15 is 0 Å². The van der Waals surface area contributed by atoms with Crippen molar-refractivity contribution in [1.82, 2.24) is 14.7 Å².